The van der Waals surface area contributed by atoms with E-state index >= 15 is 0 Å². The lowest BCUT2D eigenvalue weighted by atomic mass is 10.1. The number of nitrogens with zero attached hydrogens (tertiary/aromatic N) is 5. The van der Waals surface area contributed by atoms with Gasteiger partial charge in [0.2, 0.25) is 5.95 Å². The van der Waals surface area contributed by atoms with Crippen LogP contribution in [0, 0.1) is 0 Å². The number of nitrogens with one attached hydrogen (secondary N) is 1. The van der Waals surface area contributed by atoms with Crippen LogP contribution in [0.5, 0.6) is 0 Å². The first-order valence-electron chi connectivity index (χ1n) is 9.32. The summed E-state index contributed by atoms with van der Waals surface area (Å²) in [7, 11) is 0. The second-order valence-electron chi connectivity index (χ2n) is 6.78. The molecule has 7 nitrogen and oxygen atoms in total. The lowest BCUT2D eigenvalue weighted by molar-refractivity contribution is 0.145. The van der Waals surface area contributed by atoms with Crippen molar-refractivity contribution in [3.05, 3.63) is 66.1 Å². The van der Waals surface area contributed by atoms with Crippen LogP contribution in [0.1, 0.15) is 24.0 Å². The summed E-state index contributed by atoms with van der Waals surface area (Å²) < 4.78 is 1.92. The third-order valence-electron chi connectivity index (χ3n) is 4.88. The molecule has 1 saturated heterocycles. The monoisotopic (exact) mass is 364 g/mol. The molecule has 1 aromatic carbocycles. The molecule has 7 heteroatoms. The maximum absolute atomic E-state index is 9.68. The van der Waals surface area contributed by atoms with Crippen LogP contribution in [0.2, 0.25) is 0 Å². The number of aliphatic hydroxyl groups excluding tert-OH is 1. The average Bonchev–Trinajstić information content (AvgIpc) is 3.21. The van der Waals surface area contributed by atoms with E-state index in [-0.39, 0.29) is 6.10 Å². The first kappa shape index (κ1) is 17.5. The summed E-state index contributed by atoms with van der Waals surface area (Å²) in [5.41, 5.74) is 2.41. The van der Waals surface area contributed by atoms with Crippen molar-refractivity contribution in [2.75, 3.05) is 23.3 Å². The minimum absolute atomic E-state index is 0.188. The molecule has 27 heavy (non-hydrogen) atoms. The minimum atomic E-state index is -0.188. The molecule has 140 valence electrons. The maximum Gasteiger partial charge on any atom is 0.224 e. The largest absolute Gasteiger partial charge is 0.393 e. The van der Waals surface area contributed by atoms with E-state index in [9.17, 15) is 5.11 Å². The Labute approximate surface area is 158 Å². The fourth-order valence-electron chi connectivity index (χ4n) is 3.33. The summed E-state index contributed by atoms with van der Waals surface area (Å²) >= 11 is 0. The molecule has 4 rings (SSSR count). The normalized spacial score (nSPS) is 15.1. The summed E-state index contributed by atoms with van der Waals surface area (Å²) in [6, 6.07) is 12.2. The van der Waals surface area contributed by atoms with Crippen LogP contribution in [0.4, 0.5) is 11.8 Å². The molecule has 0 saturated carbocycles. The molecular weight excluding hydrogens is 340 g/mol. The van der Waals surface area contributed by atoms with Gasteiger partial charge >= 0.3 is 0 Å². The molecule has 0 spiro atoms. The number of piperidine rings is 1. The maximum atomic E-state index is 9.68. The molecule has 0 unspecified atom stereocenters. The Hall–Kier alpha value is -2.93. The zero-order chi connectivity index (χ0) is 18.5. The third-order valence-corrected chi connectivity index (χ3v) is 4.88. The Bertz CT molecular complexity index is 858. The lowest BCUT2D eigenvalue weighted by Crippen LogP contribution is -2.36. The summed E-state index contributed by atoms with van der Waals surface area (Å²) in [4.78, 5) is 11.2. The van der Waals surface area contributed by atoms with Crippen LogP contribution in [0.3, 0.4) is 0 Å². The molecule has 2 N–H and O–H groups in total. The van der Waals surface area contributed by atoms with E-state index in [2.05, 4.69) is 37.4 Å². The van der Waals surface area contributed by atoms with E-state index in [0.29, 0.717) is 12.5 Å². The van der Waals surface area contributed by atoms with Gasteiger partial charge in [-0.1, -0.05) is 24.3 Å². The number of hydrogen-bond acceptors (Lipinski definition) is 6. The number of benzene rings is 1. The Morgan fingerprint density at radius 3 is 2.63 bits per heavy atom. The second-order valence-corrected chi connectivity index (χ2v) is 6.78. The predicted octanol–water partition coefficient (Wildman–Crippen LogP) is 2.29. The van der Waals surface area contributed by atoms with E-state index < -0.39 is 0 Å². The van der Waals surface area contributed by atoms with Crippen LogP contribution in [0.15, 0.2) is 55.0 Å². The van der Waals surface area contributed by atoms with Crippen molar-refractivity contribution >= 4 is 11.8 Å². The van der Waals surface area contributed by atoms with Crippen molar-refractivity contribution in [3.63, 3.8) is 0 Å². The van der Waals surface area contributed by atoms with Gasteiger partial charge in [-0.2, -0.15) is 10.1 Å². The predicted molar refractivity (Wildman–Crippen MR) is 105 cm³/mol. The van der Waals surface area contributed by atoms with Gasteiger partial charge in [0.1, 0.15) is 5.82 Å². The van der Waals surface area contributed by atoms with Gasteiger partial charge in [-0.25, -0.2) is 4.98 Å². The zero-order valence-electron chi connectivity index (χ0n) is 15.2. The molecule has 0 amide bonds. The van der Waals surface area contributed by atoms with E-state index in [1.165, 1.54) is 11.1 Å². The molecule has 0 aliphatic carbocycles. The quantitative estimate of drug-likeness (QED) is 0.699. The van der Waals surface area contributed by atoms with Gasteiger partial charge in [0, 0.05) is 38.2 Å². The Morgan fingerprint density at radius 1 is 1.04 bits per heavy atom. The van der Waals surface area contributed by atoms with E-state index in [1.807, 2.05) is 35.1 Å². The highest BCUT2D eigenvalue weighted by atomic mass is 16.3. The minimum Gasteiger partial charge on any atom is -0.393 e. The fraction of sp³-hybridized carbons (Fsp3) is 0.350. The first-order chi connectivity index (χ1) is 13.3. The van der Waals surface area contributed by atoms with Gasteiger partial charge in [0.25, 0.3) is 0 Å². The Balaban J connectivity index is 1.43. The van der Waals surface area contributed by atoms with Gasteiger partial charge in [0.05, 0.1) is 12.6 Å². The summed E-state index contributed by atoms with van der Waals surface area (Å²) in [6.07, 6.45) is 6.92. The number of aromatic nitrogens is 4. The average molecular weight is 364 g/mol. The van der Waals surface area contributed by atoms with Crippen LogP contribution < -0.4 is 10.2 Å². The van der Waals surface area contributed by atoms with Crippen molar-refractivity contribution in [1.29, 1.82) is 0 Å². The topological polar surface area (TPSA) is 79.1 Å². The Morgan fingerprint density at radius 2 is 1.85 bits per heavy atom. The number of aliphatic hydroxyl groups is 1. The molecule has 1 aliphatic heterocycles. The first-order valence-corrected chi connectivity index (χ1v) is 9.32. The van der Waals surface area contributed by atoms with Crippen molar-refractivity contribution in [3.8, 4) is 0 Å². The number of rotatable bonds is 6. The van der Waals surface area contributed by atoms with Crippen LogP contribution in [0.25, 0.3) is 0 Å². The van der Waals surface area contributed by atoms with Crippen LogP contribution in [-0.4, -0.2) is 44.0 Å². The molecule has 3 heterocycles. The summed E-state index contributed by atoms with van der Waals surface area (Å²) in [6.45, 7) is 3.04. The molecule has 2 aromatic heterocycles. The van der Waals surface area contributed by atoms with Gasteiger partial charge in [0.15, 0.2) is 0 Å². The highest BCUT2D eigenvalue weighted by Gasteiger charge is 2.18. The standard InChI is InChI=1S/C20H24N6O/c27-18-7-12-25(13-8-18)19-6-10-21-20(24-19)22-14-16-4-1-2-5-17(16)15-26-11-3-9-23-26/h1-6,9-11,18,27H,7-8,12-15H2,(H,21,22,24). The molecule has 0 atom stereocenters. The van der Waals surface area contributed by atoms with E-state index in [1.54, 1.807) is 12.4 Å². The van der Waals surface area contributed by atoms with Gasteiger partial charge in [-0.05, 0) is 36.1 Å². The molecule has 3 aromatic rings. The van der Waals surface area contributed by atoms with Crippen molar-refractivity contribution in [2.24, 2.45) is 0 Å². The van der Waals surface area contributed by atoms with Crippen molar-refractivity contribution < 1.29 is 5.11 Å². The van der Waals surface area contributed by atoms with Gasteiger partial charge in [-0.15, -0.1) is 0 Å². The second kappa shape index (κ2) is 8.18. The molecule has 0 radical (unpaired) electrons. The molecule has 1 fully saturated rings. The van der Waals surface area contributed by atoms with E-state index in [4.69, 9.17) is 0 Å². The zero-order valence-corrected chi connectivity index (χ0v) is 15.2. The van der Waals surface area contributed by atoms with Crippen molar-refractivity contribution in [2.45, 2.75) is 32.0 Å². The molecule has 1 aliphatic rings. The van der Waals surface area contributed by atoms with E-state index in [0.717, 1.165) is 38.3 Å². The SMILES string of the molecule is OC1CCN(c2ccnc(NCc3ccccc3Cn3cccn3)n2)CC1. The summed E-state index contributed by atoms with van der Waals surface area (Å²) in [5, 5.41) is 17.3. The lowest BCUT2D eigenvalue weighted by Gasteiger charge is -2.30. The van der Waals surface area contributed by atoms with Gasteiger partial charge in [-0.3, -0.25) is 4.68 Å². The van der Waals surface area contributed by atoms with Crippen molar-refractivity contribution in [1.82, 2.24) is 19.7 Å². The number of anilines is 2. The molecular formula is C20H24N6O. The fourth-order valence-corrected chi connectivity index (χ4v) is 3.33. The van der Waals surface area contributed by atoms with Crippen LogP contribution >= 0.6 is 0 Å². The smallest absolute Gasteiger partial charge is 0.224 e. The third kappa shape index (κ3) is 4.43. The van der Waals surface area contributed by atoms with Gasteiger partial charge < -0.3 is 15.3 Å². The molecule has 0 bridgehead atoms. The highest BCUT2D eigenvalue weighted by Crippen LogP contribution is 2.19. The number of hydrogen-bond donors (Lipinski definition) is 2. The summed E-state index contributed by atoms with van der Waals surface area (Å²) in [5.74, 6) is 1.52. The van der Waals surface area contributed by atoms with Crippen LogP contribution in [-0.2, 0) is 13.1 Å². The highest BCUT2D eigenvalue weighted by molar-refractivity contribution is 5.43. The Kier molecular flexibility index (Phi) is 5.29.